The molecule has 0 heterocycles. The minimum Gasteiger partial charge on any atom is -0.484 e. The lowest BCUT2D eigenvalue weighted by Crippen LogP contribution is -2.53. The first-order valence-electron chi connectivity index (χ1n) is 12.5. The van der Waals surface area contributed by atoms with E-state index >= 15 is 0 Å². The summed E-state index contributed by atoms with van der Waals surface area (Å²) in [6, 6.07) is 20.4. The number of carbonyl (C=O) groups is 2. The summed E-state index contributed by atoms with van der Waals surface area (Å²) in [5.74, 6) is 0.115. The zero-order chi connectivity index (χ0) is 26.9. The van der Waals surface area contributed by atoms with Gasteiger partial charge in [0.25, 0.3) is 5.91 Å². The molecule has 2 atom stereocenters. The first kappa shape index (κ1) is 28.7. The second kappa shape index (κ2) is 13.6. The molecule has 1 N–H and O–H groups in total. The van der Waals surface area contributed by atoms with Gasteiger partial charge in [-0.05, 0) is 73.7 Å². The van der Waals surface area contributed by atoms with E-state index in [1.54, 1.807) is 4.90 Å². The molecule has 196 valence electrons. The lowest BCUT2D eigenvalue weighted by Gasteiger charge is -2.32. The van der Waals surface area contributed by atoms with Crippen LogP contribution in [0.2, 0.25) is 5.02 Å². The first-order valence-corrected chi connectivity index (χ1v) is 13.6. The third kappa shape index (κ3) is 8.34. The summed E-state index contributed by atoms with van der Waals surface area (Å²) < 4.78 is 6.83. The van der Waals surface area contributed by atoms with Gasteiger partial charge >= 0.3 is 0 Å². The van der Waals surface area contributed by atoms with Gasteiger partial charge in [-0.2, -0.15) is 0 Å². The summed E-state index contributed by atoms with van der Waals surface area (Å²) in [7, 11) is 0. The van der Waals surface area contributed by atoms with E-state index in [-0.39, 0.29) is 31.0 Å². The van der Waals surface area contributed by atoms with Crippen LogP contribution in [0, 0.1) is 13.8 Å². The van der Waals surface area contributed by atoms with E-state index in [9.17, 15) is 9.59 Å². The van der Waals surface area contributed by atoms with Crippen molar-refractivity contribution in [2.45, 2.75) is 59.2 Å². The molecule has 2 amide bonds. The molecule has 0 bridgehead atoms. The van der Waals surface area contributed by atoms with Gasteiger partial charge in [-0.3, -0.25) is 9.59 Å². The Hall–Kier alpha value is -2.83. The van der Waals surface area contributed by atoms with E-state index in [1.165, 1.54) is 0 Å². The number of halogens is 2. The number of hydrogen-bond acceptors (Lipinski definition) is 3. The van der Waals surface area contributed by atoms with Crippen LogP contribution in [0.15, 0.2) is 71.2 Å². The molecular weight excluding hydrogens is 552 g/mol. The maximum Gasteiger partial charge on any atom is 0.261 e. The normalized spacial score (nSPS) is 12.5. The van der Waals surface area contributed by atoms with Crippen LogP contribution in [0.1, 0.15) is 42.5 Å². The van der Waals surface area contributed by atoms with Crippen molar-refractivity contribution in [1.82, 2.24) is 10.2 Å². The van der Waals surface area contributed by atoms with Crippen molar-refractivity contribution < 1.29 is 14.3 Å². The fraction of sp³-hybridized carbons (Fsp3) is 0.333. The van der Waals surface area contributed by atoms with Crippen molar-refractivity contribution in [1.29, 1.82) is 0 Å². The molecule has 0 aromatic heterocycles. The van der Waals surface area contributed by atoms with Gasteiger partial charge in [0.2, 0.25) is 5.91 Å². The van der Waals surface area contributed by atoms with Crippen molar-refractivity contribution in [3.8, 4) is 5.75 Å². The second-order valence-corrected chi connectivity index (χ2v) is 10.6. The zero-order valence-electron chi connectivity index (χ0n) is 21.8. The third-order valence-corrected chi connectivity index (χ3v) is 7.38. The van der Waals surface area contributed by atoms with Crippen LogP contribution >= 0.6 is 27.5 Å². The monoisotopic (exact) mass is 584 g/mol. The summed E-state index contributed by atoms with van der Waals surface area (Å²) >= 11 is 9.81. The number of benzene rings is 3. The summed E-state index contributed by atoms with van der Waals surface area (Å²) in [5, 5.41) is 3.76. The number of ether oxygens (including phenoxy) is 1. The third-order valence-electron chi connectivity index (χ3n) is 6.29. The van der Waals surface area contributed by atoms with Crippen molar-refractivity contribution in [3.05, 3.63) is 98.5 Å². The largest absolute Gasteiger partial charge is 0.484 e. The predicted molar refractivity (Wildman–Crippen MR) is 153 cm³/mol. The Balaban J connectivity index is 1.93. The van der Waals surface area contributed by atoms with Gasteiger partial charge in [0, 0.05) is 28.5 Å². The van der Waals surface area contributed by atoms with Crippen molar-refractivity contribution in [2.24, 2.45) is 0 Å². The molecule has 0 unspecified atom stereocenters. The number of aryl methyl sites for hydroxylation is 2. The number of nitrogens with one attached hydrogen (secondary N) is 1. The maximum absolute atomic E-state index is 13.7. The fourth-order valence-electron chi connectivity index (χ4n) is 4.04. The van der Waals surface area contributed by atoms with Crippen LogP contribution in [-0.2, 0) is 22.6 Å². The quantitative estimate of drug-likeness (QED) is 0.274. The summed E-state index contributed by atoms with van der Waals surface area (Å²) in [4.78, 5) is 28.9. The molecule has 0 aliphatic rings. The van der Waals surface area contributed by atoms with E-state index in [0.717, 1.165) is 33.1 Å². The highest BCUT2D eigenvalue weighted by molar-refractivity contribution is 9.10. The first-order chi connectivity index (χ1) is 17.7. The Morgan fingerprint density at radius 1 is 1.00 bits per heavy atom. The van der Waals surface area contributed by atoms with Crippen LogP contribution in [0.25, 0.3) is 0 Å². The van der Waals surface area contributed by atoms with E-state index < -0.39 is 6.04 Å². The Kier molecular flexibility index (Phi) is 10.6. The summed E-state index contributed by atoms with van der Waals surface area (Å²) in [6.45, 7) is 7.86. The minimum atomic E-state index is -0.708. The Morgan fingerprint density at radius 2 is 1.65 bits per heavy atom. The molecule has 5 nitrogen and oxygen atoms in total. The average Bonchev–Trinajstić information content (AvgIpc) is 2.88. The van der Waals surface area contributed by atoms with Crippen molar-refractivity contribution >= 4 is 39.3 Å². The Morgan fingerprint density at radius 3 is 2.27 bits per heavy atom. The van der Waals surface area contributed by atoms with Crippen LogP contribution < -0.4 is 10.1 Å². The zero-order valence-corrected chi connectivity index (χ0v) is 24.1. The lowest BCUT2D eigenvalue weighted by atomic mass is 10.0. The predicted octanol–water partition coefficient (Wildman–Crippen LogP) is 6.65. The number of carbonyl (C=O) groups excluding carboxylic acids is 2. The second-order valence-electron chi connectivity index (χ2n) is 9.33. The van der Waals surface area contributed by atoms with Crippen LogP contribution in [0.4, 0.5) is 0 Å². The molecule has 0 aliphatic carbocycles. The van der Waals surface area contributed by atoms with Gasteiger partial charge < -0.3 is 15.0 Å². The Labute approximate surface area is 233 Å². The van der Waals surface area contributed by atoms with Gasteiger partial charge in [0.15, 0.2) is 6.61 Å². The molecule has 0 radical (unpaired) electrons. The van der Waals surface area contributed by atoms with Gasteiger partial charge in [-0.25, -0.2) is 0 Å². The average molecular weight is 586 g/mol. The van der Waals surface area contributed by atoms with E-state index in [2.05, 4.69) is 21.2 Å². The SMILES string of the molecule is CC[C@@H](C)NC(=O)[C@@H](Cc1ccccc1)N(Cc1cccc(Br)c1)C(=O)COc1cc(C)c(Cl)c(C)c1. The molecule has 0 fully saturated rings. The van der Waals surface area contributed by atoms with Crippen molar-refractivity contribution in [3.63, 3.8) is 0 Å². The van der Waals surface area contributed by atoms with Gasteiger partial charge in [-0.1, -0.05) is 76.9 Å². The van der Waals surface area contributed by atoms with Crippen LogP contribution in [0.3, 0.4) is 0 Å². The lowest BCUT2D eigenvalue weighted by molar-refractivity contribution is -0.143. The molecule has 0 saturated carbocycles. The van der Waals surface area contributed by atoms with Gasteiger partial charge in [-0.15, -0.1) is 0 Å². The minimum absolute atomic E-state index is 0.00939. The Bertz CT molecular complexity index is 1200. The van der Waals surface area contributed by atoms with Crippen LogP contribution in [0.5, 0.6) is 5.75 Å². The highest BCUT2D eigenvalue weighted by atomic mass is 79.9. The summed E-state index contributed by atoms with van der Waals surface area (Å²) in [6.07, 6.45) is 1.18. The standard InChI is InChI=1S/C30H34BrClN2O3/c1-5-22(4)33-30(36)27(17-23-10-7-6-8-11-23)34(18-24-12-9-13-25(31)16-24)28(35)19-37-26-14-20(2)29(32)21(3)15-26/h6-16,22,27H,5,17-19H2,1-4H3,(H,33,36)/t22-,27-/m1/s1. The maximum atomic E-state index is 13.7. The smallest absolute Gasteiger partial charge is 0.261 e. The number of amides is 2. The van der Waals surface area contributed by atoms with Gasteiger partial charge in [0.05, 0.1) is 0 Å². The topological polar surface area (TPSA) is 58.6 Å². The molecule has 7 heteroatoms. The van der Waals surface area contributed by atoms with E-state index in [1.807, 2.05) is 94.4 Å². The molecular formula is C30H34BrClN2O3. The van der Waals surface area contributed by atoms with E-state index in [4.69, 9.17) is 16.3 Å². The van der Waals surface area contributed by atoms with Crippen molar-refractivity contribution in [2.75, 3.05) is 6.61 Å². The van der Waals surface area contributed by atoms with E-state index in [0.29, 0.717) is 17.2 Å². The molecule has 3 aromatic carbocycles. The number of hydrogen-bond donors (Lipinski definition) is 1. The highest BCUT2D eigenvalue weighted by Gasteiger charge is 2.31. The number of rotatable bonds is 11. The van der Waals surface area contributed by atoms with Gasteiger partial charge in [0.1, 0.15) is 11.8 Å². The summed E-state index contributed by atoms with van der Waals surface area (Å²) in [5.41, 5.74) is 3.65. The number of nitrogens with zero attached hydrogens (tertiary/aromatic N) is 1. The fourth-order valence-corrected chi connectivity index (χ4v) is 4.60. The molecule has 0 spiro atoms. The molecule has 3 aromatic rings. The molecule has 37 heavy (non-hydrogen) atoms. The molecule has 3 rings (SSSR count). The van der Waals surface area contributed by atoms with Crippen LogP contribution in [-0.4, -0.2) is 35.4 Å². The highest BCUT2D eigenvalue weighted by Crippen LogP contribution is 2.26. The molecule has 0 saturated heterocycles. The molecule has 0 aliphatic heterocycles.